The second-order valence-corrected chi connectivity index (χ2v) is 6.25. The lowest BCUT2D eigenvalue weighted by Gasteiger charge is -2.09. The summed E-state index contributed by atoms with van der Waals surface area (Å²) in [5, 5.41) is 9.31. The third kappa shape index (κ3) is 2.33. The molecule has 0 atom stereocenters. The van der Waals surface area contributed by atoms with Crippen LogP contribution in [0, 0.1) is 0 Å². The highest BCUT2D eigenvalue weighted by Gasteiger charge is 2.05. The zero-order chi connectivity index (χ0) is 16.6. The summed E-state index contributed by atoms with van der Waals surface area (Å²) in [7, 11) is 0. The van der Waals surface area contributed by atoms with E-state index in [4.69, 9.17) is 4.42 Å². The Bertz CT molecular complexity index is 1130. The Labute approximate surface area is 145 Å². The Morgan fingerprint density at radius 2 is 0.880 bits per heavy atom. The number of rotatable bonds is 0. The van der Waals surface area contributed by atoms with Gasteiger partial charge in [0.05, 0.1) is 6.26 Å². The first-order valence-corrected chi connectivity index (χ1v) is 8.45. The van der Waals surface area contributed by atoms with Gasteiger partial charge in [-0.25, -0.2) is 0 Å². The molecular formula is C24H16O. The summed E-state index contributed by atoms with van der Waals surface area (Å²) >= 11 is 0. The van der Waals surface area contributed by atoms with Crippen LogP contribution in [0.2, 0.25) is 0 Å². The summed E-state index contributed by atoms with van der Waals surface area (Å²) in [5.74, 6) is 0. The van der Waals surface area contributed by atoms with Crippen molar-refractivity contribution >= 4 is 43.3 Å². The van der Waals surface area contributed by atoms with Gasteiger partial charge in [-0.1, -0.05) is 78.9 Å². The average Bonchev–Trinajstić information content (AvgIpc) is 3.16. The maximum Gasteiger partial charge on any atom is 0.133 e. The van der Waals surface area contributed by atoms with Crippen LogP contribution in [-0.2, 0) is 0 Å². The SMILES string of the molecule is c1cc2ccc3cccc4ccc(c1)c2c34.c1ccc2occc2c1. The van der Waals surface area contributed by atoms with Crippen LogP contribution in [0.4, 0.5) is 0 Å². The number of furan rings is 1. The Kier molecular flexibility index (Phi) is 3.17. The summed E-state index contributed by atoms with van der Waals surface area (Å²) in [5.41, 5.74) is 0.956. The van der Waals surface area contributed by atoms with Gasteiger partial charge in [-0.3, -0.25) is 0 Å². The van der Waals surface area contributed by atoms with Crippen LogP contribution >= 0.6 is 0 Å². The Hall–Kier alpha value is -3.32. The smallest absolute Gasteiger partial charge is 0.133 e. The zero-order valence-electron chi connectivity index (χ0n) is 13.6. The highest BCUT2D eigenvalue weighted by molar-refractivity contribution is 6.22. The van der Waals surface area contributed by atoms with E-state index >= 15 is 0 Å². The van der Waals surface area contributed by atoms with Gasteiger partial charge in [-0.2, -0.15) is 0 Å². The molecule has 0 N–H and O–H groups in total. The van der Waals surface area contributed by atoms with Crippen LogP contribution in [0.1, 0.15) is 0 Å². The van der Waals surface area contributed by atoms with Gasteiger partial charge in [0.1, 0.15) is 5.58 Å². The van der Waals surface area contributed by atoms with Crippen molar-refractivity contribution in [2.75, 3.05) is 0 Å². The number of fused-ring (bicyclic) bond motifs is 1. The third-order valence-corrected chi connectivity index (χ3v) is 4.75. The van der Waals surface area contributed by atoms with Crippen LogP contribution in [0.3, 0.4) is 0 Å². The van der Waals surface area contributed by atoms with E-state index in [1.54, 1.807) is 6.26 Å². The van der Waals surface area contributed by atoms with Crippen LogP contribution < -0.4 is 0 Å². The summed E-state index contributed by atoms with van der Waals surface area (Å²) in [6, 6.07) is 31.8. The van der Waals surface area contributed by atoms with Gasteiger partial charge in [-0.05, 0) is 44.5 Å². The minimum atomic E-state index is 0.956. The molecule has 1 nitrogen and oxygen atoms in total. The van der Waals surface area contributed by atoms with E-state index in [2.05, 4.69) is 60.7 Å². The first-order valence-electron chi connectivity index (χ1n) is 8.45. The predicted molar refractivity (Wildman–Crippen MR) is 106 cm³/mol. The van der Waals surface area contributed by atoms with Gasteiger partial charge < -0.3 is 4.42 Å². The molecule has 5 aromatic carbocycles. The van der Waals surface area contributed by atoms with Crippen molar-refractivity contribution in [1.29, 1.82) is 0 Å². The van der Waals surface area contributed by atoms with Crippen molar-refractivity contribution in [3.63, 3.8) is 0 Å². The molecule has 0 unspecified atom stereocenters. The minimum absolute atomic E-state index is 0.956. The van der Waals surface area contributed by atoms with Gasteiger partial charge in [0, 0.05) is 5.39 Å². The maximum atomic E-state index is 5.12. The van der Waals surface area contributed by atoms with Crippen molar-refractivity contribution in [3.05, 3.63) is 97.3 Å². The Morgan fingerprint density at radius 3 is 1.40 bits per heavy atom. The molecule has 0 saturated heterocycles. The van der Waals surface area contributed by atoms with Crippen LogP contribution in [-0.4, -0.2) is 0 Å². The molecule has 0 spiro atoms. The van der Waals surface area contributed by atoms with Crippen molar-refractivity contribution in [1.82, 2.24) is 0 Å². The zero-order valence-corrected chi connectivity index (χ0v) is 13.6. The van der Waals surface area contributed by atoms with Gasteiger partial charge in [0.2, 0.25) is 0 Å². The molecule has 0 aliphatic rings. The van der Waals surface area contributed by atoms with Gasteiger partial charge in [0.15, 0.2) is 0 Å². The lowest BCUT2D eigenvalue weighted by Crippen LogP contribution is -1.82. The third-order valence-electron chi connectivity index (χ3n) is 4.75. The monoisotopic (exact) mass is 320 g/mol. The van der Waals surface area contributed by atoms with E-state index in [9.17, 15) is 0 Å². The normalized spacial score (nSPS) is 11.2. The lowest BCUT2D eigenvalue weighted by atomic mass is 9.95. The number of hydrogen-bond acceptors (Lipinski definition) is 1. The van der Waals surface area contributed by atoms with E-state index in [-0.39, 0.29) is 0 Å². The van der Waals surface area contributed by atoms with Crippen LogP contribution in [0.5, 0.6) is 0 Å². The maximum absolute atomic E-state index is 5.12. The molecule has 6 rings (SSSR count). The molecule has 0 amide bonds. The molecule has 118 valence electrons. The van der Waals surface area contributed by atoms with Gasteiger partial charge in [-0.15, -0.1) is 0 Å². The molecule has 0 fully saturated rings. The van der Waals surface area contributed by atoms with Gasteiger partial charge in [0.25, 0.3) is 0 Å². The highest BCUT2D eigenvalue weighted by atomic mass is 16.3. The van der Waals surface area contributed by atoms with E-state index in [1.165, 1.54) is 32.3 Å². The molecular weight excluding hydrogens is 304 g/mol. The fraction of sp³-hybridized carbons (Fsp3) is 0. The second-order valence-electron chi connectivity index (χ2n) is 6.25. The molecule has 1 aromatic heterocycles. The summed E-state index contributed by atoms with van der Waals surface area (Å²) in [6.45, 7) is 0. The van der Waals surface area contributed by atoms with E-state index in [1.807, 2.05) is 30.3 Å². The van der Waals surface area contributed by atoms with Crippen molar-refractivity contribution < 1.29 is 4.42 Å². The first-order chi connectivity index (χ1) is 12.4. The summed E-state index contributed by atoms with van der Waals surface area (Å²) < 4.78 is 5.12. The fourth-order valence-electron chi connectivity index (χ4n) is 3.58. The molecule has 0 aliphatic heterocycles. The predicted octanol–water partition coefficient (Wildman–Crippen LogP) is 7.02. The fourth-order valence-corrected chi connectivity index (χ4v) is 3.58. The molecule has 1 heterocycles. The lowest BCUT2D eigenvalue weighted by molar-refractivity contribution is 0.616. The topological polar surface area (TPSA) is 13.1 Å². The molecule has 0 bridgehead atoms. The van der Waals surface area contributed by atoms with E-state index in [0.29, 0.717) is 0 Å². The highest BCUT2D eigenvalue weighted by Crippen LogP contribution is 2.33. The Morgan fingerprint density at radius 1 is 0.400 bits per heavy atom. The molecule has 6 aromatic rings. The van der Waals surface area contributed by atoms with Crippen LogP contribution in [0.25, 0.3) is 43.3 Å². The standard InChI is InChI=1S/C16H10.C8H6O/c1-3-11-7-9-13-5-2-6-14-10-8-12(4-1)15(11)16(13)14;1-2-4-8-7(3-1)5-6-9-8/h1-10H;1-6H. The van der Waals surface area contributed by atoms with Gasteiger partial charge >= 0.3 is 0 Å². The van der Waals surface area contributed by atoms with Crippen LogP contribution in [0.15, 0.2) is 102 Å². The first kappa shape index (κ1) is 14.1. The average molecular weight is 320 g/mol. The van der Waals surface area contributed by atoms with E-state index < -0.39 is 0 Å². The van der Waals surface area contributed by atoms with Crippen molar-refractivity contribution in [3.8, 4) is 0 Å². The number of hydrogen-bond donors (Lipinski definition) is 0. The Balaban J connectivity index is 0.000000132. The quantitative estimate of drug-likeness (QED) is 0.274. The largest absolute Gasteiger partial charge is 0.464 e. The second kappa shape index (κ2) is 5.64. The summed E-state index contributed by atoms with van der Waals surface area (Å²) in [6.07, 6.45) is 1.70. The summed E-state index contributed by atoms with van der Waals surface area (Å²) in [4.78, 5) is 0. The molecule has 0 radical (unpaired) electrons. The molecule has 0 aliphatic carbocycles. The van der Waals surface area contributed by atoms with E-state index in [0.717, 1.165) is 11.0 Å². The number of para-hydroxylation sites is 1. The van der Waals surface area contributed by atoms with Crippen molar-refractivity contribution in [2.45, 2.75) is 0 Å². The van der Waals surface area contributed by atoms with Crippen molar-refractivity contribution in [2.24, 2.45) is 0 Å². The number of benzene rings is 5. The molecule has 0 saturated carbocycles. The molecule has 25 heavy (non-hydrogen) atoms. The molecule has 1 heteroatoms. The minimum Gasteiger partial charge on any atom is -0.464 e.